The molecule has 0 spiro atoms. The number of ether oxygens (including phenoxy) is 1. The van der Waals surface area contributed by atoms with Gasteiger partial charge in [0.25, 0.3) is 5.91 Å². The van der Waals surface area contributed by atoms with Crippen molar-refractivity contribution in [2.75, 3.05) is 13.2 Å². The summed E-state index contributed by atoms with van der Waals surface area (Å²) in [4.78, 5) is 36.3. The number of rotatable bonds is 12. The molecule has 2 saturated carbocycles. The van der Waals surface area contributed by atoms with Crippen LogP contribution >= 0.6 is 0 Å². The quantitative estimate of drug-likeness (QED) is 0.154. The zero-order chi connectivity index (χ0) is 27.8. The summed E-state index contributed by atoms with van der Waals surface area (Å²) in [5.74, 6) is 1.64. The predicted octanol–water partition coefficient (Wildman–Crippen LogP) is 3.23. The second-order valence-electron chi connectivity index (χ2n) is 11.8. The average molecular weight is 518 g/mol. The lowest BCUT2D eigenvalue weighted by molar-refractivity contribution is -0.120. The third-order valence-electron chi connectivity index (χ3n) is 7.11. The molecule has 2 aliphatic carbocycles. The van der Waals surface area contributed by atoms with Gasteiger partial charge in [-0.05, 0) is 75.2 Å². The summed E-state index contributed by atoms with van der Waals surface area (Å²) in [6.07, 6.45) is 8.62. The Hall–Kier alpha value is -2.84. The van der Waals surface area contributed by atoms with Crippen LogP contribution in [0.3, 0.4) is 0 Å². The maximum Gasteiger partial charge on any atom is 0.258 e. The topological polar surface area (TPSA) is 132 Å². The summed E-state index contributed by atoms with van der Waals surface area (Å²) in [5.41, 5.74) is -0.472. The molecule has 2 fully saturated rings. The van der Waals surface area contributed by atoms with Gasteiger partial charge in [0.2, 0.25) is 17.7 Å². The summed E-state index contributed by atoms with van der Waals surface area (Å²) in [6.45, 7) is 14.0. The molecule has 2 aliphatic rings. The Morgan fingerprint density at radius 3 is 2.38 bits per heavy atom. The fourth-order valence-corrected chi connectivity index (χ4v) is 5.69. The average Bonchev–Trinajstić information content (AvgIpc) is 2.77. The molecule has 0 radical (unpaired) electrons. The van der Waals surface area contributed by atoms with Gasteiger partial charge in [-0.25, -0.2) is 0 Å². The van der Waals surface area contributed by atoms with Gasteiger partial charge in [-0.3, -0.25) is 14.4 Å². The molecular formula is C28H47N5O4. The molecule has 4 unspecified atom stereocenters. The maximum absolute atomic E-state index is 13.5. The molecular weight excluding hydrogens is 470 g/mol. The molecule has 37 heavy (non-hydrogen) atoms. The van der Waals surface area contributed by atoms with Crippen LogP contribution in [0.25, 0.3) is 0 Å². The number of hydrogen-bond acceptors (Lipinski definition) is 6. The largest absolute Gasteiger partial charge is 0.478 e. The van der Waals surface area contributed by atoms with E-state index in [0.717, 1.165) is 31.9 Å². The Bertz CT molecular complexity index is 893. The third kappa shape index (κ3) is 9.85. The summed E-state index contributed by atoms with van der Waals surface area (Å²) in [5, 5.41) is 20.1. The van der Waals surface area contributed by atoms with Crippen LogP contribution in [0.5, 0.6) is 0 Å². The molecule has 5 atom stereocenters. The van der Waals surface area contributed by atoms with Gasteiger partial charge in [-0.2, -0.15) is 0 Å². The van der Waals surface area contributed by atoms with Gasteiger partial charge >= 0.3 is 0 Å². The Labute approximate surface area is 222 Å². The zero-order valence-electron chi connectivity index (χ0n) is 23.6. The van der Waals surface area contributed by atoms with Crippen molar-refractivity contribution in [1.82, 2.24) is 21.3 Å². The molecule has 208 valence electrons. The number of fused-ring (bicyclic) bond motifs is 2. The normalized spacial score (nSPS) is 26.2. The first kappa shape index (κ1) is 30.4. The molecule has 2 rings (SSSR count). The molecule has 0 aromatic rings. The van der Waals surface area contributed by atoms with Crippen LogP contribution in [-0.4, -0.2) is 48.7 Å². The number of carbonyl (C=O) groups is 3. The molecule has 0 heterocycles. The van der Waals surface area contributed by atoms with Gasteiger partial charge in [-0.1, -0.05) is 20.8 Å². The fourth-order valence-electron chi connectivity index (χ4n) is 5.69. The van der Waals surface area contributed by atoms with E-state index in [1.54, 1.807) is 19.2 Å². The van der Waals surface area contributed by atoms with Gasteiger partial charge in [0, 0.05) is 38.8 Å². The van der Waals surface area contributed by atoms with E-state index in [9.17, 15) is 14.4 Å². The van der Waals surface area contributed by atoms with Gasteiger partial charge in [0.05, 0.1) is 12.1 Å². The Morgan fingerprint density at radius 1 is 1.08 bits per heavy atom. The van der Waals surface area contributed by atoms with Crippen LogP contribution in [-0.2, 0) is 19.1 Å². The SMILES string of the molecule is CC(=O)NC[C@H]1CC2CC(C)C(NC(=O)/C(C=N)=C(/N/C=C/C(C)(C)NC(C)=O)OCC(C)C)C(C2)C1. The highest BCUT2D eigenvalue weighted by molar-refractivity contribution is 6.11. The van der Waals surface area contributed by atoms with Crippen molar-refractivity contribution in [3.05, 3.63) is 23.7 Å². The van der Waals surface area contributed by atoms with Crippen LogP contribution in [0.4, 0.5) is 0 Å². The van der Waals surface area contributed by atoms with Crippen molar-refractivity contribution >= 4 is 23.9 Å². The molecule has 0 aromatic heterocycles. The van der Waals surface area contributed by atoms with E-state index < -0.39 is 5.54 Å². The van der Waals surface area contributed by atoms with Crippen LogP contribution in [0.15, 0.2) is 23.7 Å². The standard InChI is InChI=1S/C28H47N5O4/c1-17(2)16-37-27(30-9-8-28(6,7)33-20(5)35)24(14-29)26(36)32-25-18(3)10-21-11-22(13-23(25)12-21)15-31-19(4)34/h8-9,14,17-18,21-23,25,29-30H,10-13,15-16H2,1-7H3,(H,31,34)(H,32,36)(H,33,35)/b9-8+,27-24-,29-14?/t18?,21?,22-,23?,25?/m0/s1. The van der Waals surface area contributed by atoms with E-state index in [1.807, 2.05) is 27.7 Å². The van der Waals surface area contributed by atoms with Gasteiger partial charge in [0.1, 0.15) is 5.57 Å². The monoisotopic (exact) mass is 517 g/mol. The van der Waals surface area contributed by atoms with Gasteiger partial charge in [0.15, 0.2) is 0 Å². The smallest absolute Gasteiger partial charge is 0.258 e. The molecule has 0 saturated heterocycles. The molecule has 5 N–H and O–H groups in total. The summed E-state index contributed by atoms with van der Waals surface area (Å²) >= 11 is 0. The van der Waals surface area contributed by atoms with Crippen LogP contribution in [0.2, 0.25) is 0 Å². The first-order valence-electron chi connectivity index (χ1n) is 13.5. The van der Waals surface area contributed by atoms with Crippen LogP contribution in [0, 0.1) is 35.0 Å². The minimum atomic E-state index is -0.599. The maximum atomic E-state index is 13.5. The highest BCUT2D eigenvalue weighted by Gasteiger charge is 2.42. The molecule has 2 bridgehead atoms. The molecule has 9 heteroatoms. The van der Waals surface area contributed by atoms with Crippen molar-refractivity contribution in [1.29, 1.82) is 5.41 Å². The van der Waals surface area contributed by atoms with E-state index in [1.165, 1.54) is 6.92 Å². The zero-order valence-corrected chi connectivity index (χ0v) is 23.6. The Morgan fingerprint density at radius 2 is 1.78 bits per heavy atom. The number of amides is 3. The minimum absolute atomic E-state index is 0.000538. The summed E-state index contributed by atoms with van der Waals surface area (Å²) in [7, 11) is 0. The Kier molecular flexibility index (Phi) is 11.2. The van der Waals surface area contributed by atoms with Crippen molar-refractivity contribution in [2.24, 2.45) is 29.6 Å². The lowest BCUT2D eigenvalue weighted by Crippen LogP contribution is -2.52. The van der Waals surface area contributed by atoms with Gasteiger partial charge in [-0.15, -0.1) is 0 Å². The number of carbonyl (C=O) groups excluding carboxylic acids is 3. The van der Waals surface area contributed by atoms with Crippen molar-refractivity contribution in [3.63, 3.8) is 0 Å². The van der Waals surface area contributed by atoms with E-state index in [4.69, 9.17) is 10.1 Å². The van der Waals surface area contributed by atoms with E-state index >= 15 is 0 Å². The van der Waals surface area contributed by atoms with Crippen molar-refractivity contribution in [3.8, 4) is 0 Å². The lowest BCUT2D eigenvalue weighted by atomic mass is 9.62. The molecule has 0 aromatic carbocycles. The number of nitrogens with one attached hydrogen (secondary N) is 5. The first-order valence-corrected chi connectivity index (χ1v) is 13.5. The summed E-state index contributed by atoms with van der Waals surface area (Å²) in [6, 6.07) is -0.000538. The van der Waals surface area contributed by atoms with E-state index in [0.29, 0.717) is 36.8 Å². The first-order chi connectivity index (χ1) is 17.3. The van der Waals surface area contributed by atoms with Gasteiger partial charge < -0.3 is 31.4 Å². The fraction of sp³-hybridized carbons (Fsp3) is 0.714. The summed E-state index contributed by atoms with van der Waals surface area (Å²) < 4.78 is 5.92. The molecule has 9 nitrogen and oxygen atoms in total. The second kappa shape index (κ2) is 13.6. The van der Waals surface area contributed by atoms with Crippen LogP contribution < -0.4 is 21.3 Å². The van der Waals surface area contributed by atoms with Crippen molar-refractivity contribution < 1.29 is 19.1 Å². The Balaban J connectivity index is 2.19. The highest BCUT2D eigenvalue weighted by atomic mass is 16.5. The predicted molar refractivity (Wildman–Crippen MR) is 145 cm³/mol. The molecule has 3 amide bonds. The van der Waals surface area contributed by atoms with E-state index in [-0.39, 0.29) is 41.1 Å². The minimum Gasteiger partial charge on any atom is -0.478 e. The lowest BCUT2D eigenvalue weighted by Gasteiger charge is -2.47. The van der Waals surface area contributed by atoms with E-state index in [2.05, 4.69) is 28.2 Å². The van der Waals surface area contributed by atoms with Crippen molar-refractivity contribution in [2.45, 2.75) is 85.7 Å². The molecule has 0 aliphatic heterocycles. The third-order valence-corrected chi connectivity index (χ3v) is 7.11. The highest BCUT2D eigenvalue weighted by Crippen LogP contribution is 2.45. The van der Waals surface area contributed by atoms with Crippen LogP contribution in [0.1, 0.15) is 74.1 Å². The second-order valence-corrected chi connectivity index (χ2v) is 11.8. The number of hydrogen-bond donors (Lipinski definition) is 5.